The lowest BCUT2D eigenvalue weighted by Gasteiger charge is -1.99. The van der Waals surface area contributed by atoms with Gasteiger partial charge < -0.3 is 4.74 Å². The van der Waals surface area contributed by atoms with Gasteiger partial charge in [-0.25, -0.2) is 4.79 Å². The van der Waals surface area contributed by atoms with Gasteiger partial charge >= 0.3 is 5.97 Å². The lowest BCUT2D eigenvalue weighted by Crippen LogP contribution is -2.01. The van der Waals surface area contributed by atoms with E-state index < -0.39 is 5.97 Å². The molecule has 0 atom stereocenters. The van der Waals surface area contributed by atoms with E-state index in [-0.39, 0.29) is 5.78 Å². The molecule has 0 radical (unpaired) electrons. The van der Waals surface area contributed by atoms with Crippen molar-refractivity contribution in [2.75, 3.05) is 6.61 Å². The molecule has 0 rings (SSSR count). The Morgan fingerprint density at radius 2 is 1.50 bits per heavy atom. The zero-order valence-corrected chi connectivity index (χ0v) is 11.7. The summed E-state index contributed by atoms with van der Waals surface area (Å²) in [6.07, 6.45) is 11.4. The summed E-state index contributed by atoms with van der Waals surface area (Å²) in [7, 11) is 0. The highest BCUT2D eigenvalue weighted by atomic mass is 16.5. The molecular weight excluding hydrogens is 228 g/mol. The number of hydrogen-bond donors (Lipinski definition) is 0. The van der Waals surface area contributed by atoms with Crippen LogP contribution in [0.3, 0.4) is 0 Å². The van der Waals surface area contributed by atoms with Crippen molar-refractivity contribution in [2.45, 2.75) is 65.2 Å². The third kappa shape index (κ3) is 11.4. The van der Waals surface area contributed by atoms with Crippen LogP contribution < -0.4 is 0 Å². The molecule has 0 amide bonds. The standard InChI is InChI=1S/C15H26O3/c1-3-5-6-7-8-9-10-11-14(16)12-13-15(17)18-4-2/h12-13H,3-11H2,1-2H3/b13-12+. The molecule has 18 heavy (non-hydrogen) atoms. The molecule has 0 aliphatic heterocycles. The first-order chi connectivity index (χ1) is 8.70. The van der Waals surface area contributed by atoms with Crippen molar-refractivity contribution in [2.24, 2.45) is 0 Å². The Morgan fingerprint density at radius 3 is 2.11 bits per heavy atom. The number of carbonyl (C=O) groups is 2. The van der Waals surface area contributed by atoms with Crippen LogP contribution in [0.1, 0.15) is 65.2 Å². The zero-order valence-electron chi connectivity index (χ0n) is 11.7. The Morgan fingerprint density at radius 1 is 0.889 bits per heavy atom. The second-order valence-electron chi connectivity index (χ2n) is 4.42. The van der Waals surface area contributed by atoms with Crippen LogP contribution in [0.15, 0.2) is 12.2 Å². The summed E-state index contributed by atoms with van der Waals surface area (Å²) in [6, 6.07) is 0. The maximum absolute atomic E-state index is 11.4. The SMILES string of the molecule is CCCCCCCCCC(=O)/C=C/C(=O)OCC. The van der Waals surface area contributed by atoms with Crippen molar-refractivity contribution in [3.63, 3.8) is 0 Å². The number of carbonyl (C=O) groups excluding carboxylic acids is 2. The average Bonchev–Trinajstić information content (AvgIpc) is 2.35. The Bertz CT molecular complexity index is 256. The van der Waals surface area contributed by atoms with Crippen LogP contribution in [0, 0.1) is 0 Å². The van der Waals surface area contributed by atoms with Crippen LogP contribution in [-0.4, -0.2) is 18.4 Å². The summed E-state index contributed by atoms with van der Waals surface area (Å²) in [6.45, 7) is 4.29. The second-order valence-corrected chi connectivity index (χ2v) is 4.42. The van der Waals surface area contributed by atoms with Crippen LogP contribution in [0.4, 0.5) is 0 Å². The summed E-state index contributed by atoms with van der Waals surface area (Å²) in [5, 5.41) is 0. The molecule has 0 N–H and O–H groups in total. The molecule has 0 saturated carbocycles. The van der Waals surface area contributed by atoms with E-state index >= 15 is 0 Å². The fourth-order valence-electron chi connectivity index (χ4n) is 1.69. The minimum Gasteiger partial charge on any atom is -0.463 e. The molecule has 0 fully saturated rings. The Balaban J connectivity index is 3.45. The fraction of sp³-hybridized carbons (Fsp3) is 0.733. The Labute approximate surface area is 111 Å². The molecule has 0 aromatic rings. The normalized spacial score (nSPS) is 10.8. The first-order valence-electron chi connectivity index (χ1n) is 7.08. The van der Waals surface area contributed by atoms with E-state index in [0.29, 0.717) is 13.0 Å². The van der Waals surface area contributed by atoms with Crippen LogP contribution >= 0.6 is 0 Å². The molecule has 104 valence electrons. The molecule has 0 spiro atoms. The molecule has 0 saturated heterocycles. The predicted molar refractivity (Wildman–Crippen MR) is 73.4 cm³/mol. The molecule has 3 heteroatoms. The van der Waals surface area contributed by atoms with Gasteiger partial charge in [0.2, 0.25) is 0 Å². The van der Waals surface area contributed by atoms with Crippen molar-refractivity contribution in [1.29, 1.82) is 0 Å². The molecule has 0 bridgehead atoms. The quantitative estimate of drug-likeness (QED) is 0.320. The third-order valence-corrected chi connectivity index (χ3v) is 2.72. The van der Waals surface area contributed by atoms with Gasteiger partial charge in [-0.3, -0.25) is 4.79 Å². The minimum absolute atomic E-state index is 0.0108. The molecule has 0 aliphatic carbocycles. The minimum atomic E-state index is -0.439. The van der Waals surface area contributed by atoms with Gasteiger partial charge in [0.25, 0.3) is 0 Å². The van der Waals surface area contributed by atoms with Crippen molar-refractivity contribution in [1.82, 2.24) is 0 Å². The molecule has 0 unspecified atom stereocenters. The highest BCUT2D eigenvalue weighted by Gasteiger charge is 1.99. The first-order valence-corrected chi connectivity index (χ1v) is 7.08. The van der Waals surface area contributed by atoms with Crippen LogP contribution in [-0.2, 0) is 14.3 Å². The number of hydrogen-bond acceptors (Lipinski definition) is 3. The van der Waals surface area contributed by atoms with Crippen LogP contribution in [0.2, 0.25) is 0 Å². The summed E-state index contributed by atoms with van der Waals surface area (Å²) >= 11 is 0. The molecule has 0 aromatic carbocycles. The van der Waals surface area contributed by atoms with E-state index in [1.54, 1.807) is 6.92 Å². The van der Waals surface area contributed by atoms with E-state index in [0.717, 1.165) is 12.8 Å². The van der Waals surface area contributed by atoms with Gasteiger partial charge in [0.1, 0.15) is 0 Å². The number of allylic oxidation sites excluding steroid dienone is 1. The maximum Gasteiger partial charge on any atom is 0.330 e. The highest BCUT2D eigenvalue weighted by molar-refractivity contribution is 5.95. The molecule has 3 nitrogen and oxygen atoms in total. The number of esters is 1. The highest BCUT2D eigenvalue weighted by Crippen LogP contribution is 2.08. The van der Waals surface area contributed by atoms with Crippen LogP contribution in [0.25, 0.3) is 0 Å². The number of ether oxygens (including phenoxy) is 1. The molecule has 0 aromatic heterocycles. The maximum atomic E-state index is 11.4. The predicted octanol–water partition coefficient (Wildman–Crippen LogP) is 3.82. The van der Waals surface area contributed by atoms with Gasteiger partial charge in [0.15, 0.2) is 5.78 Å². The van der Waals surface area contributed by atoms with Gasteiger partial charge in [-0.1, -0.05) is 45.4 Å². The number of rotatable bonds is 11. The van der Waals surface area contributed by atoms with Crippen molar-refractivity contribution >= 4 is 11.8 Å². The Kier molecular flexibility index (Phi) is 11.6. The molecule has 0 heterocycles. The van der Waals surface area contributed by atoms with E-state index in [9.17, 15) is 9.59 Å². The van der Waals surface area contributed by atoms with Crippen molar-refractivity contribution in [3.05, 3.63) is 12.2 Å². The molecule has 0 aliphatic rings. The smallest absolute Gasteiger partial charge is 0.330 e. The van der Waals surface area contributed by atoms with Gasteiger partial charge in [0.05, 0.1) is 6.61 Å². The lowest BCUT2D eigenvalue weighted by molar-refractivity contribution is -0.137. The Hall–Kier alpha value is -1.12. The summed E-state index contributed by atoms with van der Waals surface area (Å²) in [4.78, 5) is 22.4. The average molecular weight is 254 g/mol. The second kappa shape index (κ2) is 12.3. The summed E-state index contributed by atoms with van der Waals surface area (Å²) < 4.78 is 4.69. The number of ketones is 1. The van der Waals surface area contributed by atoms with Crippen molar-refractivity contribution < 1.29 is 14.3 Å². The fourth-order valence-corrected chi connectivity index (χ4v) is 1.69. The summed E-state index contributed by atoms with van der Waals surface area (Å²) in [5.74, 6) is -0.429. The van der Waals surface area contributed by atoms with Crippen molar-refractivity contribution in [3.8, 4) is 0 Å². The summed E-state index contributed by atoms with van der Waals surface area (Å²) in [5.41, 5.74) is 0. The van der Waals surface area contributed by atoms with E-state index in [1.807, 2.05) is 0 Å². The van der Waals surface area contributed by atoms with E-state index in [1.165, 1.54) is 44.3 Å². The van der Waals surface area contributed by atoms with E-state index in [2.05, 4.69) is 6.92 Å². The first kappa shape index (κ1) is 16.9. The van der Waals surface area contributed by atoms with Gasteiger partial charge in [-0.2, -0.15) is 0 Å². The largest absolute Gasteiger partial charge is 0.463 e. The number of unbranched alkanes of at least 4 members (excludes halogenated alkanes) is 6. The zero-order chi connectivity index (χ0) is 13.6. The third-order valence-electron chi connectivity index (χ3n) is 2.72. The van der Waals surface area contributed by atoms with E-state index in [4.69, 9.17) is 4.74 Å². The van der Waals surface area contributed by atoms with Gasteiger partial charge in [-0.05, 0) is 19.4 Å². The van der Waals surface area contributed by atoms with Crippen LogP contribution in [0.5, 0.6) is 0 Å². The van der Waals surface area contributed by atoms with Gasteiger partial charge in [-0.15, -0.1) is 0 Å². The lowest BCUT2D eigenvalue weighted by atomic mass is 10.1. The molecular formula is C15H26O3. The monoisotopic (exact) mass is 254 g/mol. The van der Waals surface area contributed by atoms with Gasteiger partial charge in [0, 0.05) is 12.5 Å². The topological polar surface area (TPSA) is 43.4 Å².